The lowest BCUT2D eigenvalue weighted by Crippen LogP contribution is -2.47. The topological polar surface area (TPSA) is 61.8 Å². The van der Waals surface area contributed by atoms with Crippen molar-refractivity contribution < 1.29 is 14.6 Å². The molecule has 1 heterocycles. The molecule has 0 atom stereocenters. The van der Waals surface area contributed by atoms with Crippen LogP contribution < -0.4 is 5.32 Å². The zero-order valence-corrected chi connectivity index (χ0v) is 13.5. The predicted octanol–water partition coefficient (Wildman–Crippen LogP) is 2.14. The lowest BCUT2D eigenvalue weighted by Gasteiger charge is -2.36. The van der Waals surface area contributed by atoms with Gasteiger partial charge in [-0.3, -0.25) is 0 Å². The first-order valence-electron chi connectivity index (χ1n) is 7.56. The minimum Gasteiger partial charge on any atom is -0.444 e. The van der Waals surface area contributed by atoms with E-state index < -0.39 is 11.2 Å². The first-order chi connectivity index (χ1) is 9.13. The van der Waals surface area contributed by atoms with Crippen molar-refractivity contribution in [2.24, 2.45) is 0 Å². The lowest BCUT2D eigenvalue weighted by atomic mass is 9.89. The number of hydrogen-bond donors (Lipinski definition) is 2. The van der Waals surface area contributed by atoms with Crippen LogP contribution in [0.2, 0.25) is 0 Å². The van der Waals surface area contributed by atoms with Crippen molar-refractivity contribution >= 4 is 6.09 Å². The van der Waals surface area contributed by atoms with E-state index in [0.29, 0.717) is 13.0 Å². The molecule has 0 aromatic heterocycles. The van der Waals surface area contributed by atoms with Gasteiger partial charge in [-0.25, -0.2) is 4.79 Å². The average molecular weight is 286 g/mol. The van der Waals surface area contributed by atoms with E-state index in [2.05, 4.69) is 5.32 Å². The zero-order chi connectivity index (χ0) is 15.4. The highest BCUT2D eigenvalue weighted by Crippen LogP contribution is 2.23. The zero-order valence-electron chi connectivity index (χ0n) is 13.5. The quantitative estimate of drug-likeness (QED) is 0.831. The van der Waals surface area contributed by atoms with Gasteiger partial charge in [-0.05, 0) is 67.0 Å². The minimum atomic E-state index is -0.652. The predicted molar refractivity (Wildman–Crippen MR) is 79.7 cm³/mol. The number of nitrogens with one attached hydrogen (secondary N) is 1. The first-order valence-corrected chi connectivity index (χ1v) is 7.56. The van der Waals surface area contributed by atoms with Gasteiger partial charge >= 0.3 is 6.09 Å². The Morgan fingerprint density at radius 1 is 1.35 bits per heavy atom. The van der Waals surface area contributed by atoms with Gasteiger partial charge in [0.2, 0.25) is 0 Å². The van der Waals surface area contributed by atoms with Crippen molar-refractivity contribution in [1.29, 1.82) is 0 Å². The van der Waals surface area contributed by atoms with Crippen LogP contribution in [0.4, 0.5) is 4.79 Å². The molecule has 1 saturated heterocycles. The molecule has 5 nitrogen and oxygen atoms in total. The summed E-state index contributed by atoms with van der Waals surface area (Å²) >= 11 is 0. The van der Waals surface area contributed by atoms with Gasteiger partial charge in [-0.15, -0.1) is 0 Å². The highest BCUT2D eigenvalue weighted by molar-refractivity contribution is 5.68. The Morgan fingerprint density at radius 2 is 1.90 bits per heavy atom. The summed E-state index contributed by atoms with van der Waals surface area (Å²) in [6.07, 6.45) is 1.79. The van der Waals surface area contributed by atoms with Crippen LogP contribution in [-0.4, -0.2) is 53.0 Å². The molecule has 1 fully saturated rings. The number of rotatable bonds is 4. The van der Waals surface area contributed by atoms with Gasteiger partial charge in [-0.2, -0.15) is 0 Å². The van der Waals surface area contributed by atoms with Crippen molar-refractivity contribution in [2.75, 3.05) is 19.6 Å². The Labute approximate surface area is 122 Å². The van der Waals surface area contributed by atoms with Gasteiger partial charge in [0.1, 0.15) is 5.60 Å². The van der Waals surface area contributed by atoms with Gasteiger partial charge in [0.25, 0.3) is 0 Å². The lowest BCUT2D eigenvalue weighted by molar-refractivity contribution is -0.0159. The van der Waals surface area contributed by atoms with Crippen LogP contribution in [-0.2, 0) is 4.74 Å². The fraction of sp³-hybridized carbons (Fsp3) is 0.933. The minimum absolute atomic E-state index is 0.0650. The Hall–Kier alpha value is -0.810. The van der Waals surface area contributed by atoms with E-state index in [4.69, 9.17) is 4.74 Å². The SMILES string of the molecule is CC(C)N(CCC1(O)CCNCC1)C(=O)OC(C)(C)C. The molecule has 1 rings (SSSR count). The van der Waals surface area contributed by atoms with E-state index in [1.165, 1.54) is 0 Å². The second kappa shape index (κ2) is 6.76. The summed E-state index contributed by atoms with van der Waals surface area (Å²) in [6, 6.07) is 0.0650. The molecule has 1 aliphatic rings. The fourth-order valence-corrected chi connectivity index (χ4v) is 2.35. The molecule has 1 aliphatic heterocycles. The molecule has 1 amide bonds. The first kappa shape index (κ1) is 17.2. The molecule has 0 aliphatic carbocycles. The molecule has 0 radical (unpaired) electrons. The van der Waals surface area contributed by atoms with Crippen LogP contribution >= 0.6 is 0 Å². The summed E-state index contributed by atoms with van der Waals surface area (Å²) < 4.78 is 5.43. The van der Waals surface area contributed by atoms with Gasteiger partial charge in [-0.1, -0.05) is 0 Å². The van der Waals surface area contributed by atoms with Crippen LogP contribution in [0.15, 0.2) is 0 Å². The Kier molecular flexibility index (Phi) is 5.83. The smallest absolute Gasteiger partial charge is 0.410 e. The highest BCUT2D eigenvalue weighted by Gasteiger charge is 2.31. The fourth-order valence-electron chi connectivity index (χ4n) is 2.35. The summed E-state index contributed by atoms with van der Waals surface area (Å²) in [6.45, 7) is 11.7. The molecule has 5 heteroatoms. The van der Waals surface area contributed by atoms with Crippen LogP contribution in [0, 0.1) is 0 Å². The number of amides is 1. The molecule has 0 spiro atoms. The summed E-state index contributed by atoms with van der Waals surface area (Å²) in [4.78, 5) is 13.9. The van der Waals surface area contributed by atoms with E-state index in [9.17, 15) is 9.90 Å². The summed E-state index contributed by atoms with van der Waals surface area (Å²) in [7, 11) is 0. The Balaban J connectivity index is 2.56. The monoisotopic (exact) mass is 286 g/mol. The maximum atomic E-state index is 12.2. The average Bonchev–Trinajstić information content (AvgIpc) is 2.26. The molecule has 118 valence electrons. The van der Waals surface area contributed by atoms with Crippen LogP contribution in [0.3, 0.4) is 0 Å². The van der Waals surface area contributed by atoms with E-state index in [0.717, 1.165) is 25.9 Å². The van der Waals surface area contributed by atoms with E-state index >= 15 is 0 Å². The van der Waals surface area contributed by atoms with Crippen molar-refractivity contribution in [1.82, 2.24) is 10.2 Å². The standard InChI is InChI=1S/C15H30N2O3/c1-12(2)17(13(18)20-14(3,4)5)11-8-15(19)6-9-16-10-7-15/h12,16,19H,6-11H2,1-5H3. The van der Waals surface area contributed by atoms with Crippen molar-refractivity contribution in [3.05, 3.63) is 0 Å². The van der Waals surface area contributed by atoms with Crippen molar-refractivity contribution in [2.45, 2.75) is 71.1 Å². The largest absolute Gasteiger partial charge is 0.444 e. The van der Waals surface area contributed by atoms with Crippen LogP contribution in [0.5, 0.6) is 0 Å². The third-order valence-corrected chi connectivity index (χ3v) is 3.60. The van der Waals surface area contributed by atoms with Gasteiger partial charge < -0.3 is 20.1 Å². The second-order valence-corrected chi connectivity index (χ2v) is 6.99. The number of carbonyl (C=O) groups excluding carboxylic acids is 1. The molecule has 0 aromatic rings. The number of carbonyl (C=O) groups is 1. The maximum Gasteiger partial charge on any atom is 0.410 e. The number of aliphatic hydroxyl groups is 1. The highest BCUT2D eigenvalue weighted by atomic mass is 16.6. The normalized spacial score (nSPS) is 18.9. The molecule has 20 heavy (non-hydrogen) atoms. The number of nitrogens with zero attached hydrogens (tertiary/aromatic N) is 1. The van der Waals surface area contributed by atoms with Crippen LogP contribution in [0.1, 0.15) is 53.9 Å². The van der Waals surface area contributed by atoms with Gasteiger partial charge in [0, 0.05) is 12.6 Å². The number of hydrogen-bond acceptors (Lipinski definition) is 4. The van der Waals surface area contributed by atoms with Gasteiger partial charge in [0.05, 0.1) is 5.60 Å². The van der Waals surface area contributed by atoms with E-state index in [1.807, 2.05) is 34.6 Å². The maximum absolute atomic E-state index is 12.2. The molecule has 0 saturated carbocycles. The van der Waals surface area contributed by atoms with Crippen molar-refractivity contribution in [3.63, 3.8) is 0 Å². The number of ether oxygens (including phenoxy) is 1. The Bertz CT molecular complexity index is 318. The van der Waals surface area contributed by atoms with Crippen molar-refractivity contribution in [3.8, 4) is 0 Å². The van der Waals surface area contributed by atoms with Crippen LogP contribution in [0.25, 0.3) is 0 Å². The summed E-state index contributed by atoms with van der Waals surface area (Å²) in [5, 5.41) is 13.7. The van der Waals surface area contributed by atoms with E-state index in [-0.39, 0.29) is 12.1 Å². The van der Waals surface area contributed by atoms with E-state index in [1.54, 1.807) is 4.90 Å². The summed E-state index contributed by atoms with van der Waals surface area (Å²) in [5.41, 5.74) is -1.14. The van der Waals surface area contributed by atoms with Gasteiger partial charge in [0.15, 0.2) is 0 Å². The molecular weight excluding hydrogens is 256 g/mol. The summed E-state index contributed by atoms with van der Waals surface area (Å²) in [5.74, 6) is 0. The second-order valence-electron chi connectivity index (χ2n) is 6.99. The number of piperidine rings is 1. The molecule has 0 unspecified atom stereocenters. The Morgan fingerprint density at radius 3 is 2.35 bits per heavy atom. The molecule has 0 bridgehead atoms. The third-order valence-electron chi connectivity index (χ3n) is 3.60. The molecular formula is C15H30N2O3. The third kappa shape index (κ3) is 5.67. The molecule has 2 N–H and O–H groups in total. The molecule has 0 aromatic carbocycles.